The van der Waals surface area contributed by atoms with Crippen LogP contribution in [0.5, 0.6) is 0 Å². The summed E-state index contributed by atoms with van der Waals surface area (Å²) in [5.41, 5.74) is 3.48. The lowest BCUT2D eigenvalue weighted by Crippen LogP contribution is -2.11. The largest absolute Gasteiger partial charge is 0.0945 e. The standard InChI is InChI=1S/C24H25Cl/c1-2-3-4-19-5-7-20(8-6-19)9-10-21-11-13-22(14-12-21)23-15-17-24(25)18-16-23/h3-4,11-20H,2,5-8H2,1H3/b4-3+/t19-,20-. The molecule has 0 aliphatic heterocycles. The molecule has 0 N–H and O–H groups in total. The molecule has 128 valence electrons. The predicted octanol–water partition coefficient (Wildman–Crippen LogP) is 7.13. The van der Waals surface area contributed by atoms with Crippen LogP contribution in [-0.4, -0.2) is 0 Å². The Morgan fingerprint density at radius 2 is 1.52 bits per heavy atom. The van der Waals surface area contributed by atoms with Crippen molar-refractivity contribution in [3.8, 4) is 23.0 Å². The van der Waals surface area contributed by atoms with Crippen LogP contribution >= 0.6 is 11.6 Å². The van der Waals surface area contributed by atoms with Crippen molar-refractivity contribution in [1.82, 2.24) is 0 Å². The Morgan fingerprint density at radius 1 is 0.920 bits per heavy atom. The topological polar surface area (TPSA) is 0 Å². The normalized spacial score (nSPS) is 20.2. The summed E-state index contributed by atoms with van der Waals surface area (Å²) in [7, 11) is 0. The molecule has 2 aromatic carbocycles. The molecule has 3 rings (SSSR count). The lowest BCUT2D eigenvalue weighted by molar-refractivity contribution is 0.364. The van der Waals surface area contributed by atoms with Crippen LogP contribution < -0.4 is 0 Å². The van der Waals surface area contributed by atoms with Gasteiger partial charge in [0.2, 0.25) is 0 Å². The molecular formula is C24H25Cl. The van der Waals surface area contributed by atoms with Gasteiger partial charge in [0.15, 0.2) is 0 Å². The zero-order valence-electron chi connectivity index (χ0n) is 14.8. The molecule has 0 radical (unpaired) electrons. The maximum Gasteiger partial charge on any atom is 0.0406 e. The fourth-order valence-corrected chi connectivity index (χ4v) is 3.48. The first-order valence-corrected chi connectivity index (χ1v) is 9.66. The highest BCUT2D eigenvalue weighted by Gasteiger charge is 2.17. The zero-order valence-corrected chi connectivity index (χ0v) is 15.6. The highest BCUT2D eigenvalue weighted by atomic mass is 35.5. The smallest absolute Gasteiger partial charge is 0.0406 e. The molecule has 0 nitrogen and oxygen atoms in total. The van der Waals surface area contributed by atoms with E-state index in [0.29, 0.717) is 5.92 Å². The van der Waals surface area contributed by atoms with Crippen molar-refractivity contribution in [3.05, 3.63) is 71.3 Å². The molecule has 0 amide bonds. The van der Waals surface area contributed by atoms with Crippen LogP contribution in [0.15, 0.2) is 60.7 Å². The van der Waals surface area contributed by atoms with Crippen LogP contribution in [0.2, 0.25) is 5.02 Å². The van der Waals surface area contributed by atoms with Gasteiger partial charge in [-0.2, -0.15) is 0 Å². The van der Waals surface area contributed by atoms with E-state index in [1.165, 1.54) is 36.8 Å². The summed E-state index contributed by atoms with van der Waals surface area (Å²) < 4.78 is 0. The second-order valence-electron chi connectivity index (χ2n) is 6.80. The Bertz CT molecular complexity index is 748. The minimum Gasteiger partial charge on any atom is -0.0945 e. The van der Waals surface area contributed by atoms with Crippen molar-refractivity contribution < 1.29 is 0 Å². The Kier molecular flexibility index (Phi) is 6.37. The third-order valence-electron chi connectivity index (χ3n) is 4.90. The average Bonchev–Trinajstić information content (AvgIpc) is 2.67. The maximum atomic E-state index is 5.95. The first-order chi connectivity index (χ1) is 12.2. The number of rotatable bonds is 3. The third-order valence-corrected chi connectivity index (χ3v) is 5.15. The Balaban J connectivity index is 1.58. The first-order valence-electron chi connectivity index (χ1n) is 9.29. The van der Waals surface area contributed by atoms with Gasteiger partial charge in [-0.1, -0.05) is 66.8 Å². The van der Waals surface area contributed by atoms with E-state index in [1.54, 1.807) is 0 Å². The van der Waals surface area contributed by atoms with Crippen LogP contribution in [0.1, 0.15) is 44.6 Å². The van der Waals surface area contributed by atoms with E-state index in [-0.39, 0.29) is 0 Å². The molecule has 1 heteroatoms. The van der Waals surface area contributed by atoms with E-state index in [9.17, 15) is 0 Å². The fourth-order valence-electron chi connectivity index (χ4n) is 3.36. The van der Waals surface area contributed by atoms with Crippen molar-refractivity contribution in [1.29, 1.82) is 0 Å². The minimum atomic E-state index is 0.558. The van der Waals surface area contributed by atoms with Crippen molar-refractivity contribution in [2.45, 2.75) is 39.0 Å². The second kappa shape index (κ2) is 8.93. The maximum absolute atomic E-state index is 5.95. The molecule has 2 aromatic rings. The summed E-state index contributed by atoms with van der Waals surface area (Å²) in [6.45, 7) is 2.20. The highest BCUT2D eigenvalue weighted by molar-refractivity contribution is 6.30. The van der Waals surface area contributed by atoms with Gasteiger partial charge in [-0.25, -0.2) is 0 Å². The number of hydrogen-bond acceptors (Lipinski definition) is 0. The van der Waals surface area contributed by atoms with Gasteiger partial charge in [0.25, 0.3) is 0 Å². The van der Waals surface area contributed by atoms with Crippen LogP contribution in [0, 0.1) is 23.7 Å². The molecule has 0 aromatic heterocycles. The van der Waals surface area contributed by atoms with Crippen LogP contribution in [0.25, 0.3) is 11.1 Å². The molecule has 1 aliphatic rings. The summed E-state index contributed by atoms with van der Waals surface area (Å²) in [5.74, 6) is 8.19. The summed E-state index contributed by atoms with van der Waals surface area (Å²) in [4.78, 5) is 0. The second-order valence-corrected chi connectivity index (χ2v) is 7.24. The number of allylic oxidation sites excluding steroid dienone is 2. The fraction of sp³-hybridized carbons (Fsp3) is 0.333. The van der Waals surface area contributed by atoms with E-state index in [1.807, 2.05) is 12.1 Å². The monoisotopic (exact) mass is 348 g/mol. The molecule has 0 atom stereocenters. The zero-order chi connectivity index (χ0) is 17.5. The summed E-state index contributed by atoms with van der Waals surface area (Å²) in [6.07, 6.45) is 10.9. The Labute approximate surface area is 156 Å². The molecule has 1 fully saturated rings. The predicted molar refractivity (Wildman–Crippen MR) is 109 cm³/mol. The van der Waals surface area contributed by atoms with Crippen molar-refractivity contribution >= 4 is 11.6 Å². The van der Waals surface area contributed by atoms with E-state index < -0.39 is 0 Å². The van der Waals surface area contributed by atoms with Gasteiger partial charge in [0, 0.05) is 16.5 Å². The van der Waals surface area contributed by atoms with Crippen LogP contribution in [-0.2, 0) is 0 Å². The molecule has 1 aliphatic carbocycles. The van der Waals surface area contributed by atoms with E-state index in [4.69, 9.17) is 11.6 Å². The Morgan fingerprint density at radius 3 is 2.12 bits per heavy atom. The molecular weight excluding hydrogens is 324 g/mol. The summed E-state index contributed by atoms with van der Waals surface area (Å²) >= 11 is 5.95. The minimum absolute atomic E-state index is 0.558. The van der Waals surface area contributed by atoms with Gasteiger partial charge >= 0.3 is 0 Å². The van der Waals surface area contributed by atoms with Gasteiger partial charge in [0.1, 0.15) is 0 Å². The van der Waals surface area contributed by atoms with Crippen LogP contribution in [0.3, 0.4) is 0 Å². The molecule has 0 saturated heterocycles. The Hall–Kier alpha value is -1.97. The van der Waals surface area contributed by atoms with Crippen molar-refractivity contribution in [2.75, 3.05) is 0 Å². The molecule has 0 bridgehead atoms. The summed E-state index contributed by atoms with van der Waals surface area (Å²) in [6, 6.07) is 16.5. The van der Waals surface area contributed by atoms with Gasteiger partial charge in [-0.15, -0.1) is 0 Å². The van der Waals surface area contributed by atoms with Crippen molar-refractivity contribution in [2.24, 2.45) is 11.8 Å². The first kappa shape index (κ1) is 17.8. The lowest BCUT2D eigenvalue weighted by atomic mass is 9.82. The third kappa shape index (κ3) is 5.25. The summed E-state index contributed by atoms with van der Waals surface area (Å²) in [5, 5.41) is 0.770. The van der Waals surface area contributed by atoms with Crippen molar-refractivity contribution in [3.63, 3.8) is 0 Å². The molecule has 0 spiro atoms. The van der Waals surface area contributed by atoms with Gasteiger partial charge in [-0.05, 0) is 73.4 Å². The molecule has 0 unspecified atom stereocenters. The van der Waals surface area contributed by atoms with Gasteiger partial charge in [0.05, 0.1) is 0 Å². The highest BCUT2D eigenvalue weighted by Crippen LogP contribution is 2.29. The van der Waals surface area contributed by atoms with E-state index in [0.717, 1.165) is 22.9 Å². The average molecular weight is 349 g/mol. The van der Waals surface area contributed by atoms with Gasteiger partial charge < -0.3 is 0 Å². The SMILES string of the molecule is CC/C=C/[C@H]1CC[C@H](C#Cc2ccc(-c3ccc(Cl)cc3)cc2)CC1. The molecule has 1 saturated carbocycles. The van der Waals surface area contributed by atoms with Crippen LogP contribution in [0.4, 0.5) is 0 Å². The quantitative estimate of drug-likeness (QED) is 0.408. The molecule has 25 heavy (non-hydrogen) atoms. The van der Waals surface area contributed by atoms with E-state index in [2.05, 4.69) is 67.3 Å². The number of benzene rings is 2. The lowest BCUT2D eigenvalue weighted by Gasteiger charge is -2.23. The van der Waals surface area contributed by atoms with E-state index >= 15 is 0 Å². The van der Waals surface area contributed by atoms with Gasteiger partial charge in [-0.3, -0.25) is 0 Å². The number of hydrogen-bond donors (Lipinski definition) is 0. The number of halogens is 1. The molecule has 0 heterocycles.